The van der Waals surface area contributed by atoms with Gasteiger partial charge in [-0.2, -0.15) is 67.9 Å². The monoisotopic (exact) mass is 946 g/mol. The Labute approximate surface area is 361 Å². The van der Waals surface area contributed by atoms with Crippen molar-refractivity contribution in [3.05, 3.63) is 96.1 Å². The number of phenolic OH excluding ortho intramolecular Hbond substituents is 1. The Kier molecular flexibility index (Phi) is 15.2. The maximum Gasteiger partial charge on any atom is 0.534 e. The third kappa shape index (κ3) is 12.1. The Balaban J connectivity index is 0.000000250. The summed E-state index contributed by atoms with van der Waals surface area (Å²) in [6, 6.07) is 15.9. The number of benzene rings is 4. The molecule has 0 fully saturated rings. The van der Waals surface area contributed by atoms with Crippen LogP contribution in [0.5, 0.6) is 35.0 Å². The van der Waals surface area contributed by atoms with Crippen LogP contribution in [0.2, 0.25) is 0 Å². The van der Waals surface area contributed by atoms with Crippen molar-refractivity contribution in [1.82, 2.24) is 29.9 Å². The maximum absolute atomic E-state index is 13.8. The quantitative estimate of drug-likeness (QED) is 0.0473. The molecular formula is C39H31F9N6O10S. The zero-order chi connectivity index (χ0) is 47.7. The molecule has 2 aromatic heterocycles. The first-order chi connectivity index (χ1) is 30.6. The van der Waals surface area contributed by atoms with E-state index in [0.717, 1.165) is 49.6 Å². The van der Waals surface area contributed by atoms with Gasteiger partial charge in [0.15, 0.2) is 36.9 Å². The molecule has 0 amide bonds. The number of phenols is 1. The molecule has 0 unspecified atom stereocenters. The molecule has 0 bridgehead atoms. The molecule has 1 N–H and O–H groups in total. The van der Waals surface area contributed by atoms with Gasteiger partial charge in [0.05, 0.1) is 36.5 Å². The fraction of sp³-hybridized carbons (Fsp3) is 0.231. The van der Waals surface area contributed by atoms with E-state index in [1.54, 1.807) is 0 Å². The predicted molar refractivity (Wildman–Crippen MR) is 207 cm³/mol. The maximum atomic E-state index is 13.8. The first-order valence-electron chi connectivity index (χ1n) is 17.8. The van der Waals surface area contributed by atoms with Crippen LogP contribution < -0.4 is 23.1 Å². The highest BCUT2D eigenvalue weighted by Crippen LogP contribution is 2.43. The molecular weight excluding hydrogens is 916 g/mol. The second kappa shape index (κ2) is 20.2. The first kappa shape index (κ1) is 49.0. The van der Waals surface area contributed by atoms with Crippen LogP contribution in [-0.4, -0.2) is 91.0 Å². The molecule has 0 saturated heterocycles. The number of halogens is 9. The minimum atomic E-state index is -5.90. The summed E-state index contributed by atoms with van der Waals surface area (Å²) in [6.45, 7) is -0.646. The molecule has 4 aromatic carbocycles. The average molecular weight is 947 g/mol. The molecule has 16 nitrogen and oxygen atoms in total. The van der Waals surface area contributed by atoms with Gasteiger partial charge in [0.1, 0.15) is 23.0 Å². The molecule has 346 valence electrons. The second-order valence-corrected chi connectivity index (χ2v) is 14.0. The van der Waals surface area contributed by atoms with Gasteiger partial charge in [-0.1, -0.05) is 12.1 Å². The van der Waals surface area contributed by atoms with Crippen molar-refractivity contribution in [3.8, 4) is 80.6 Å². The van der Waals surface area contributed by atoms with Crippen LogP contribution in [0.3, 0.4) is 0 Å². The second-order valence-electron chi connectivity index (χ2n) is 12.4. The summed E-state index contributed by atoms with van der Waals surface area (Å²) in [5.41, 5.74) is -8.13. The van der Waals surface area contributed by atoms with Crippen molar-refractivity contribution < 1.29 is 85.6 Å². The van der Waals surface area contributed by atoms with E-state index in [2.05, 4.69) is 34.1 Å². The van der Waals surface area contributed by atoms with Crippen LogP contribution >= 0.6 is 0 Å². The highest BCUT2D eigenvalue weighted by molar-refractivity contribution is 7.88. The molecule has 0 aliphatic heterocycles. The third-order valence-electron chi connectivity index (χ3n) is 8.10. The van der Waals surface area contributed by atoms with Crippen LogP contribution in [-0.2, 0) is 31.9 Å². The number of ether oxygens (including phenoxy) is 6. The van der Waals surface area contributed by atoms with Gasteiger partial charge in [-0.05, 0) is 72.8 Å². The zero-order valence-electron chi connectivity index (χ0n) is 33.6. The van der Waals surface area contributed by atoms with Gasteiger partial charge in [-0.25, -0.2) is 9.97 Å². The minimum Gasteiger partial charge on any atom is -0.508 e. The number of aromatic hydroxyl groups is 1. The lowest BCUT2D eigenvalue weighted by atomic mass is 10.0. The summed E-state index contributed by atoms with van der Waals surface area (Å²) in [6.07, 6.45) is -9.51. The van der Waals surface area contributed by atoms with Crippen molar-refractivity contribution in [2.45, 2.75) is 17.9 Å². The van der Waals surface area contributed by atoms with Crippen molar-refractivity contribution in [2.75, 3.05) is 42.0 Å². The molecule has 0 radical (unpaired) electrons. The van der Waals surface area contributed by atoms with Gasteiger partial charge in [-0.15, -0.1) is 0 Å². The van der Waals surface area contributed by atoms with Gasteiger partial charge in [0, 0.05) is 25.3 Å². The highest BCUT2D eigenvalue weighted by Gasteiger charge is 2.48. The molecule has 6 rings (SSSR count). The molecule has 0 spiro atoms. The summed E-state index contributed by atoms with van der Waals surface area (Å²) >= 11 is 0. The van der Waals surface area contributed by atoms with Gasteiger partial charge in [0.2, 0.25) is 0 Å². The smallest absolute Gasteiger partial charge is 0.508 e. The lowest BCUT2D eigenvalue weighted by molar-refractivity contribution is -0.138. The average Bonchev–Trinajstić information content (AvgIpc) is 3.26. The van der Waals surface area contributed by atoms with E-state index in [1.807, 2.05) is 0 Å². The van der Waals surface area contributed by atoms with Crippen molar-refractivity contribution in [1.29, 1.82) is 0 Å². The van der Waals surface area contributed by atoms with E-state index in [0.29, 0.717) is 5.56 Å². The predicted octanol–water partition coefficient (Wildman–Crippen LogP) is 8.37. The van der Waals surface area contributed by atoms with Crippen LogP contribution in [0.4, 0.5) is 39.5 Å². The van der Waals surface area contributed by atoms with E-state index < -0.39 is 56.2 Å². The zero-order valence-corrected chi connectivity index (χ0v) is 34.4. The number of nitrogens with zero attached hydrogens (tertiary/aromatic N) is 6. The van der Waals surface area contributed by atoms with Crippen LogP contribution in [0.15, 0.2) is 84.9 Å². The molecule has 2 heterocycles. The van der Waals surface area contributed by atoms with E-state index in [1.165, 1.54) is 63.8 Å². The molecule has 0 aliphatic carbocycles. The number of hydrogen-bond donors (Lipinski definition) is 1. The summed E-state index contributed by atoms with van der Waals surface area (Å²) in [7, 11) is -0.845. The first-order valence-corrected chi connectivity index (χ1v) is 19.2. The number of hydrogen-bond acceptors (Lipinski definition) is 16. The Bertz CT molecular complexity index is 2690. The van der Waals surface area contributed by atoms with Crippen LogP contribution in [0.25, 0.3) is 45.6 Å². The van der Waals surface area contributed by atoms with Gasteiger partial charge < -0.3 is 37.7 Å². The van der Waals surface area contributed by atoms with Crippen LogP contribution in [0.1, 0.15) is 11.1 Å². The van der Waals surface area contributed by atoms with E-state index in [9.17, 15) is 53.0 Å². The summed E-state index contributed by atoms with van der Waals surface area (Å²) in [5, 5.41) is 9.45. The Morgan fingerprint density at radius 2 is 0.908 bits per heavy atom. The Morgan fingerprint density at radius 1 is 0.523 bits per heavy atom. The van der Waals surface area contributed by atoms with Gasteiger partial charge >= 0.3 is 40.0 Å². The molecule has 6 aromatic rings. The third-order valence-corrected chi connectivity index (χ3v) is 9.08. The molecule has 65 heavy (non-hydrogen) atoms. The number of alkyl halides is 9. The number of aromatic nitrogens is 6. The lowest BCUT2D eigenvalue weighted by Crippen LogP contribution is -2.28. The van der Waals surface area contributed by atoms with E-state index in [-0.39, 0.29) is 71.5 Å². The van der Waals surface area contributed by atoms with Crippen molar-refractivity contribution in [3.63, 3.8) is 0 Å². The van der Waals surface area contributed by atoms with Gasteiger partial charge in [-0.3, -0.25) is 0 Å². The molecule has 0 saturated carbocycles. The summed E-state index contributed by atoms with van der Waals surface area (Å²) in [4.78, 5) is 24.2. The Hall–Kier alpha value is -7.06. The molecule has 0 atom stereocenters. The summed E-state index contributed by atoms with van der Waals surface area (Å²) in [5.74, 6) is -1.95. The fourth-order valence-corrected chi connectivity index (χ4v) is 5.76. The largest absolute Gasteiger partial charge is 0.534 e. The van der Waals surface area contributed by atoms with Gasteiger partial charge in [0.25, 0.3) is 0 Å². The standard InChI is InChI=1S/C20H15F6N3O6S.C19H16F3N3O4/c1-32-10-34-14-5-3-4-13(19(21,22)23)15(14)17-27-16(28-18(29-17)33-2)11-6-8-12(9-7-11)35-36(30,31)20(24,25)26;1-27-10-29-14-5-3-4-13(19(20,21)22)15(14)17-23-16(24-18(25-17)28-2)11-6-8-12(26)9-7-11/h3-9H,10H2,1-2H3;3-9,26H,10H2,1-2H3. The fourth-order valence-electron chi connectivity index (χ4n) is 5.30. The van der Waals surface area contributed by atoms with Crippen molar-refractivity contribution >= 4 is 10.1 Å². The topological polar surface area (TPSA) is 196 Å². The lowest BCUT2D eigenvalue weighted by Gasteiger charge is -2.17. The van der Waals surface area contributed by atoms with Crippen LogP contribution in [0, 0.1) is 0 Å². The molecule has 0 aliphatic rings. The van der Waals surface area contributed by atoms with Crippen molar-refractivity contribution in [2.24, 2.45) is 0 Å². The molecule has 26 heteroatoms. The summed E-state index contributed by atoms with van der Waals surface area (Å²) < 4.78 is 176. The normalized spacial score (nSPS) is 11.9. The number of rotatable bonds is 14. The minimum absolute atomic E-state index is 0.0210. The Morgan fingerprint density at radius 3 is 1.26 bits per heavy atom. The SMILES string of the molecule is COCOc1cccc(C(F)(F)F)c1-c1nc(OC)nc(-c2ccc(O)cc2)n1.COCOc1cccc(C(F)(F)F)c1-c1nc(OC)nc(-c2ccc(OS(=O)(=O)C(F)(F)F)cc2)n1. The number of methoxy groups -OCH3 is 4. The highest BCUT2D eigenvalue weighted by atomic mass is 32.2. The van der Waals surface area contributed by atoms with E-state index in [4.69, 9.17) is 28.4 Å². The van der Waals surface area contributed by atoms with E-state index >= 15 is 0 Å².